The SMILES string of the molecule is CC/C=C\C[N+](C)(C)C=C(C)C.[I-]. The Morgan fingerprint density at radius 1 is 1.15 bits per heavy atom. The van der Waals surface area contributed by atoms with Crippen molar-refractivity contribution in [3.8, 4) is 0 Å². The molecule has 0 heterocycles. The summed E-state index contributed by atoms with van der Waals surface area (Å²) in [6, 6.07) is 0. The van der Waals surface area contributed by atoms with Crippen molar-refractivity contribution in [2.45, 2.75) is 27.2 Å². The fraction of sp³-hybridized carbons (Fsp3) is 0.636. The average Bonchev–Trinajstić information content (AvgIpc) is 1.84. The van der Waals surface area contributed by atoms with E-state index in [4.69, 9.17) is 0 Å². The van der Waals surface area contributed by atoms with Crippen LogP contribution in [0.4, 0.5) is 0 Å². The van der Waals surface area contributed by atoms with Crippen molar-refractivity contribution < 1.29 is 28.5 Å². The average molecular weight is 295 g/mol. The highest BCUT2D eigenvalue weighted by Crippen LogP contribution is 2.03. The number of quaternary nitrogens is 1. The third-order valence-electron chi connectivity index (χ3n) is 1.59. The van der Waals surface area contributed by atoms with E-state index in [9.17, 15) is 0 Å². The first-order valence-electron chi connectivity index (χ1n) is 4.61. The second-order valence-corrected chi connectivity index (χ2v) is 4.05. The van der Waals surface area contributed by atoms with E-state index in [-0.39, 0.29) is 24.0 Å². The first-order chi connectivity index (χ1) is 5.48. The molecular weight excluding hydrogens is 273 g/mol. The zero-order valence-corrected chi connectivity index (χ0v) is 11.6. The standard InChI is InChI=1S/C11H22N.HI/c1-6-7-8-9-12(4,5)10-11(2)3;/h7-8,10H,6,9H2,1-5H3;1H/q+1;/p-1/b8-7-;. The molecule has 0 N–H and O–H groups in total. The predicted octanol–water partition coefficient (Wildman–Crippen LogP) is -0.0433. The third kappa shape index (κ3) is 10.1. The molecule has 0 saturated heterocycles. The number of hydrogen-bond donors (Lipinski definition) is 0. The van der Waals surface area contributed by atoms with Crippen molar-refractivity contribution in [1.82, 2.24) is 0 Å². The van der Waals surface area contributed by atoms with Gasteiger partial charge in [0.2, 0.25) is 0 Å². The van der Waals surface area contributed by atoms with Gasteiger partial charge in [0.15, 0.2) is 0 Å². The Morgan fingerprint density at radius 2 is 1.69 bits per heavy atom. The van der Waals surface area contributed by atoms with Crippen LogP contribution in [0.1, 0.15) is 27.2 Å². The number of likely N-dealkylation sites (N-methyl/N-ethyl adjacent to an activating group) is 1. The molecule has 0 aromatic heterocycles. The molecule has 0 aliphatic carbocycles. The summed E-state index contributed by atoms with van der Waals surface area (Å²) in [7, 11) is 4.43. The van der Waals surface area contributed by atoms with E-state index in [1.54, 1.807) is 0 Å². The lowest BCUT2D eigenvalue weighted by atomic mass is 10.3. The van der Waals surface area contributed by atoms with Gasteiger partial charge in [-0.1, -0.05) is 13.0 Å². The third-order valence-corrected chi connectivity index (χ3v) is 1.59. The van der Waals surface area contributed by atoms with Gasteiger partial charge in [0.1, 0.15) is 6.54 Å². The van der Waals surface area contributed by atoms with Crippen LogP contribution >= 0.6 is 0 Å². The highest BCUT2D eigenvalue weighted by atomic mass is 127. The minimum atomic E-state index is 0. The van der Waals surface area contributed by atoms with Crippen LogP contribution in [0, 0.1) is 0 Å². The first kappa shape index (κ1) is 15.6. The van der Waals surface area contributed by atoms with Crippen molar-refractivity contribution >= 4 is 0 Å². The van der Waals surface area contributed by atoms with E-state index in [2.05, 4.69) is 53.2 Å². The molecular formula is C11H22IN. The molecule has 78 valence electrons. The number of allylic oxidation sites excluding steroid dienone is 2. The van der Waals surface area contributed by atoms with Crippen molar-refractivity contribution in [3.63, 3.8) is 0 Å². The summed E-state index contributed by atoms with van der Waals surface area (Å²) in [5.41, 5.74) is 1.38. The minimum absolute atomic E-state index is 0. The Kier molecular flexibility index (Phi) is 9.09. The maximum Gasteiger partial charge on any atom is 0.101 e. The highest BCUT2D eigenvalue weighted by Gasteiger charge is 2.07. The van der Waals surface area contributed by atoms with Crippen molar-refractivity contribution in [2.75, 3.05) is 20.6 Å². The molecule has 2 heteroatoms. The molecule has 0 amide bonds. The molecule has 0 unspecified atom stereocenters. The molecule has 0 aliphatic rings. The first-order valence-corrected chi connectivity index (χ1v) is 4.61. The summed E-state index contributed by atoms with van der Waals surface area (Å²) < 4.78 is 0.943. The highest BCUT2D eigenvalue weighted by molar-refractivity contribution is 4.88. The largest absolute Gasteiger partial charge is 1.00 e. The topological polar surface area (TPSA) is 0 Å². The zero-order chi connectivity index (χ0) is 9.61. The van der Waals surface area contributed by atoms with Crippen LogP contribution in [0.5, 0.6) is 0 Å². The lowest BCUT2D eigenvalue weighted by molar-refractivity contribution is -0.833. The lowest BCUT2D eigenvalue weighted by Gasteiger charge is -2.23. The van der Waals surface area contributed by atoms with E-state index >= 15 is 0 Å². The number of nitrogens with zero attached hydrogens (tertiary/aromatic N) is 1. The maximum absolute atomic E-state index is 2.28. The fourth-order valence-corrected chi connectivity index (χ4v) is 1.26. The summed E-state index contributed by atoms with van der Waals surface area (Å²) in [6.45, 7) is 7.53. The van der Waals surface area contributed by atoms with Crippen LogP contribution in [0.15, 0.2) is 23.9 Å². The molecule has 0 radical (unpaired) electrons. The van der Waals surface area contributed by atoms with E-state index < -0.39 is 0 Å². The Morgan fingerprint density at radius 3 is 2.08 bits per heavy atom. The van der Waals surface area contributed by atoms with E-state index in [0.717, 1.165) is 17.4 Å². The van der Waals surface area contributed by atoms with Gasteiger partial charge in [-0.15, -0.1) is 0 Å². The molecule has 0 aliphatic heterocycles. The summed E-state index contributed by atoms with van der Waals surface area (Å²) in [6.07, 6.45) is 7.88. The number of halogens is 1. The molecule has 0 rings (SSSR count). The molecule has 0 bridgehead atoms. The van der Waals surface area contributed by atoms with Gasteiger partial charge in [0, 0.05) is 0 Å². The van der Waals surface area contributed by atoms with E-state index in [1.165, 1.54) is 5.57 Å². The van der Waals surface area contributed by atoms with Crippen molar-refractivity contribution in [1.29, 1.82) is 0 Å². The van der Waals surface area contributed by atoms with Crippen LogP contribution in [-0.2, 0) is 0 Å². The molecule has 0 aromatic rings. The molecule has 13 heavy (non-hydrogen) atoms. The maximum atomic E-state index is 2.28. The summed E-state index contributed by atoms with van der Waals surface area (Å²) in [4.78, 5) is 0. The predicted molar refractivity (Wildman–Crippen MR) is 55.8 cm³/mol. The van der Waals surface area contributed by atoms with Crippen LogP contribution in [-0.4, -0.2) is 25.1 Å². The Hall–Kier alpha value is 0.170. The fourth-order valence-electron chi connectivity index (χ4n) is 1.26. The van der Waals surface area contributed by atoms with Gasteiger partial charge in [0.05, 0.1) is 20.3 Å². The zero-order valence-electron chi connectivity index (χ0n) is 9.47. The second kappa shape index (κ2) is 7.56. The van der Waals surface area contributed by atoms with Crippen LogP contribution in [0.3, 0.4) is 0 Å². The second-order valence-electron chi connectivity index (χ2n) is 4.05. The van der Waals surface area contributed by atoms with Gasteiger partial charge in [-0.2, -0.15) is 0 Å². The molecule has 0 spiro atoms. The number of hydrogen-bond acceptors (Lipinski definition) is 0. The normalized spacial score (nSPS) is 11.2. The quantitative estimate of drug-likeness (QED) is 0.388. The molecule has 0 atom stereocenters. The van der Waals surface area contributed by atoms with E-state index in [1.807, 2.05) is 0 Å². The van der Waals surface area contributed by atoms with Crippen LogP contribution < -0.4 is 24.0 Å². The summed E-state index contributed by atoms with van der Waals surface area (Å²) in [5.74, 6) is 0. The van der Waals surface area contributed by atoms with Gasteiger partial charge in [-0.3, -0.25) is 4.48 Å². The summed E-state index contributed by atoms with van der Waals surface area (Å²) in [5, 5.41) is 0. The minimum Gasteiger partial charge on any atom is -1.00 e. The Labute approximate surface area is 100 Å². The van der Waals surface area contributed by atoms with E-state index in [0.29, 0.717) is 0 Å². The lowest BCUT2D eigenvalue weighted by Crippen LogP contribution is -3.00. The van der Waals surface area contributed by atoms with Crippen LogP contribution in [0.2, 0.25) is 0 Å². The van der Waals surface area contributed by atoms with Crippen molar-refractivity contribution in [3.05, 3.63) is 23.9 Å². The smallest absolute Gasteiger partial charge is 0.101 e. The van der Waals surface area contributed by atoms with Gasteiger partial charge in [0.25, 0.3) is 0 Å². The Bertz CT molecular complexity index is 177. The molecule has 0 saturated carbocycles. The number of rotatable bonds is 4. The van der Waals surface area contributed by atoms with Gasteiger partial charge in [-0.25, -0.2) is 0 Å². The molecule has 0 aromatic carbocycles. The molecule has 0 fully saturated rings. The Balaban J connectivity index is 0. The van der Waals surface area contributed by atoms with Crippen LogP contribution in [0.25, 0.3) is 0 Å². The summed E-state index contributed by atoms with van der Waals surface area (Å²) >= 11 is 0. The van der Waals surface area contributed by atoms with Gasteiger partial charge in [-0.05, 0) is 31.9 Å². The molecule has 1 nitrogen and oxygen atoms in total. The van der Waals surface area contributed by atoms with Gasteiger partial charge < -0.3 is 24.0 Å². The van der Waals surface area contributed by atoms with Crippen molar-refractivity contribution in [2.24, 2.45) is 0 Å². The van der Waals surface area contributed by atoms with Gasteiger partial charge >= 0.3 is 0 Å². The monoisotopic (exact) mass is 295 g/mol.